The van der Waals surface area contributed by atoms with Crippen molar-refractivity contribution in [1.29, 1.82) is 0 Å². The number of hydrogen-bond donors (Lipinski definition) is 2. The Morgan fingerprint density at radius 1 is 1.23 bits per heavy atom. The van der Waals surface area contributed by atoms with Crippen LogP contribution in [-0.2, 0) is 6.54 Å². The highest BCUT2D eigenvalue weighted by Crippen LogP contribution is 2.32. The van der Waals surface area contributed by atoms with Crippen LogP contribution >= 0.6 is 0 Å². The fourth-order valence-corrected chi connectivity index (χ4v) is 3.60. The van der Waals surface area contributed by atoms with E-state index in [1.54, 1.807) is 6.20 Å². The van der Waals surface area contributed by atoms with Crippen molar-refractivity contribution in [2.75, 3.05) is 26.2 Å². The van der Waals surface area contributed by atoms with Crippen molar-refractivity contribution in [1.82, 2.24) is 15.2 Å². The molecule has 3 rings (SSSR count). The number of benzene rings is 1. The average molecular weight is 412 g/mol. The van der Waals surface area contributed by atoms with E-state index in [0.29, 0.717) is 42.5 Å². The van der Waals surface area contributed by atoms with Crippen LogP contribution < -0.4 is 20.5 Å². The van der Waals surface area contributed by atoms with E-state index in [1.807, 2.05) is 36.4 Å². The molecule has 0 radical (unpaired) electrons. The zero-order valence-electron chi connectivity index (χ0n) is 18.0. The molecule has 1 aliphatic rings. The zero-order chi connectivity index (χ0) is 21.2. The molecule has 0 amide bonds. The summed E-state index contributed by atoms with van der Waals surface area (Å²) in [4.78, 5) is 11.4. The quantitative estimate of drug-likeness (QED) is 0.459. The number of likely N-dealkylation sites (N-methyl/N-ethyl adjacent to an activating group) is 1. The van der Waals surface area contributed by atoms with Gasteiger partial charge < -0.3 is 20.5 Å². The molecule has 1 saturated heterocycles. The molecule has 0 saturated carbocycles. The molecule has 0 aliphatic carbocycles. The predicted molar refractivity (Wildman–Crippen MR) is 120 cm³/mol. The molecule has 30 heavy (non-hydrogen) atoms. The van der Waals surface area contributed by atoms with Crippen molar-refractivity contribution in [3.8, 4) is 17.4 Å². The van der Waals surface area contributed by atoms with Crippen LogP contribution in [0.4, 0.5) is 0 Å². The minimum Gasteiger partial charge on any atom is -0.490 e. The highest BCUT2D eigenvalue weighted by atomic mass is 16.5. The number of hydrogen-bond acceptors (Lipinski definition) is 5. The Hall–Kier alpha value is -2.80. The highest BCUT2D eigenvalue weighted by Gasteiger charge is 2.22. The van der Waals surface area contributed by atoms with Crippen LogP contribution in [0.15, 0.2) is 47.6 Å². The summed E-state index contributed by atoms with van der Waals surface area (Å²) in [5.41, 5.74) is 6.97. The molecule has 2 aromatic rings. The summed E-state index contributed by atoms with van der Waals surface area (Å²) in [6.45, 7) is 8.36. The molecule has 0 spiro atoms. The lowest BCUT2D eigenvalue weighted by Crippen LogP contribution is -2.42. The summed E-state index contributed by atoms with van der Waals surface area (Å²) < 4.78 is 11.8. The van der Waals surface area contributed by atoms with E-state index in [1.165, 1.54) is 19.4 Å². The number of aliphatic imine (C=N–C) groups is 1. The van der Waals surface area contributed by atoms with E-state index < -0.39 is 0 Å². The smallest absolute Gasteiger partial charge is 0.224 e. The third kappa shape index (κ3) is 6.10. The average Bonchev–Trinajstić information content (AvgIpc) is 3.24. The number of guanidine groups is 1. The van der Waals surface area contributed by atoms with Crippen molar-refractivity contribution in [3.63, 3.8) is 0 Å². The van der Waals surface area contributed by atoms with E-state index in [0.717, 1.165) is 25.1 Å². The molecule has 1 fully saturated rings. The van der Waals surface area contributed by atoms with Crippen LogP contribution in [0.3, 0.4) is 0 Å². The van der Waals surface area contributed by atoms with Crippen LogP contribution in [0.1, 0.15) is 38.7 Å². The lowest BCUT2D eigenvalue weighted by atomic mass is 10.2. The Balaban J connectivity index is 1.62. The predicted octanol–water partition coefficient (Wildman–Crippen LogP) is 3.55. The molecule has 2 heterocycles. The van der Waals surface area contributed by atoms with E-state index in [9.17, 15) is 0 Å². The van der Waals surface area contributed by atoms with Crippen molar-refractivity contribution >= 4 is 5.96 Å². The minimum atomic E-state index is 0.391. The molecule has 7 nitrogen and oxygen atoms in total. The Morgan fingerprint density at radius 3 is 2.87 bits per heavy atom. The normalized spacial score (nSPS) is 17.1. The second-order valence-corrected chi connectivity index (χ2v) is 7.37. The Labute approximate surface area is 179 Å². The summed E-state index contributed by atoms with van der Waals surface area (Å²) in [7, 11) is 0. The minimum absolute atomic E-state index is 0.391. The molecule has 1 atom stereocenters. The molecule has 162 valence electrons. The topological polar surface area (TPSA) is 85.0 Å². The monoisotopic (exact) mass is 411 g/mol. The van der Waals surface area contributed by atoms with Gasteiger partial charge in [0.25, 0.3) is 0 Å². The number of nitrogens with zero attached hydrogens (tertiary/aromatic N) is 3. The lowest BCUT2D eigenvalue weighted by molar-refractivity contribution is 0.267. The number of aromatic nitrogens is 1. The number of nitrogens with one attached hydrogen (secondary N) is 1. The van der Waals surface area contributed by atoms with Gasteiger partial charge in [-0.1, -0.05) is 32.0 Å². The first kappa shape index (κ1) is 21.9. The number of nitrogens with two attached hydrogens (primary N) is 1. The highest BCUT2D eigenvalue weighted by molar-refractivity contribution is 5.77. The fourth-order valence-electron chi connectivity index (χ4n) is 3.60. The SMILES string of the molecule is CCCOc1ccccc1Oc1ncccc1CN=C(N)NCC1CCCN1CC. The number of likely N-dealkylation sites (tertiary alicyclic amines) is 1. The molecule has 1 aromatic heterocycles. The van der Waals surface area contributed by atoms with Gasteiger partial charge in [-0.15, -0.1) is 0 Å². The van der Waals surface area contributed by atoms with Crippen LogP contribution in [0, 0.1) is 0 Å². The Kier molecular flexibility index (Phi) is 8.32. The summed E-state index contributed by atoms with van der Waals surface area (Å²) in [6, 6.07) is 12.0. The third-order valence-corrected chi connectivity index (χ3v) is 5.21. The van der Waals surface area contributed by atoms with Crippen LogP contribution in [0.25, 0.3) is 0 Å². The summed E-state index contributed by atoms with van der Waals surface area (Å²) in [5.74, 6) is 2.30. The second kappa shape index (κ2) is 11.4. The second-order valence-electron chi connectivity index (χ2n) is 7.37. The van der Waals surface area contributed by atoms with Gasteiger partial charge >= 0.3 is 0 Å². The van der Waals surface area contributed by atoms with Crippen LogP contribution in [0.2, 0.25) is 0 Å². The zero-order valence-corrected chi connectivity index (χ0v) is 18.0. The van der Waals surface area contributed by atoms with E-state index in [2.05, 4.69) is 34.0 Å². The Morgan fingerprint density at radius 2 is 2.07 bits per heavy atom. The van der Waals surface area contributed by atoms with E-state index in [4.69, 9.17) is 15.2 Å². The molecule has 1 aromatic carbocycles. The maximum absolute atomic E-state index is 6.11. The standard InChI is InChI=1S/C23H33N5O2/c1-3-15-29-20-11-5-6-12-21(20)30-22-18(9-7-13-25-22)16-26-23(24)27-17-19-10-8-14-28(19)4-2/h5-7,9,11-13,19H,3-4,8,10,14-17H2,1-2H3,(H3,24,26,27). The van der Waals surface area contributed by atoms with Gasteiger partial charge in [0, 0.05) is 24.3 Å². The van der Waals surface area contributed by atoms with E-state index in [-0.39, 0.29) is 0 Å². The molecule has 7 heteroatoms. The fraction of sp³-hybridized carbons (Fsp3) is 0.478. The number of ether oxygens (including phenoxy) is 2. The molecular weight excluding hydrogens is 378 g/mol. The molecule has 1 aliphatic heterocycles. The van der Waals surface area contributed by atoms with Crippen molar-refractivity contribution < 1.29 is 9.47 Å². The lowest BCUT2D eigenvalue weighted by Gasteiger charge is -2.23. The van der Waals surface area contributed by atoms with Gasteiger partial charge in [-0.25, -0.2) is 9.98 Å². The molecule has 3 N–H and O–H groups in total. The summed E-state index contributed by atoms with van der Waals surface area (Å²) in [5, 5.41) is 3.27. The molecule has 1 unspecified atom stereocenters. The largest absolute Gasteiger partial charge is 0.490 e. The number of para-hydroxylation sites is 2. The number of rotatable bonds is 10. The first-order valence-corrected chi connectivity index (χ1v) is 10.8. The number of pyridine rings is 1. The van der Waals surface area contributed by atoms with Gasteiger partial charge in [-0.2, -0.15) is 0 Å². The summed E-state index contributed by atoms with van der Waals surface area (Å²) >= 11 is 0. The van der Waals surface area contributed by atoms with Gasteiger partial charge in [0.1, 0.15) is 0 Å². The van der Waals surface area contributed by atoms with Gasteiger partial charge in [0.15, 0.2) is 17.5 Å². The van der Waals surface area contributed by atoms with Gasteiger partial charge in [-0.05, 0) is 50.6 Å². The maximum Gasteiger partial charge on any atom is 0.224 e. The van der Waals surface area contributed by atoms with Crippen LogP contribution in [0.5, 0.6) is 17.4 Å². The van der Waals surface area contributed by atoms with Crippen LogP contribution in [-0.4, -0.2) is 48.1 Å². The first-order chi connectivity index (χ1) is 14.7. The van der Waals surface area contributed by atoms with Gasteiger partial charge in [0.05, 0.1) is 13.2 Å². The van der Waals surface area contributed by atoms with Gasteiger partial charge in [-0.3, -0.25) is 4.90 Å². The third-order valence-electron chi connectivity index (χ3n) is 5.21. The first-order valence-electron chi connectivity index (χ1n) is 10.8. The molecular formula is C23H33N5O2. The van der Waals surface area contributed by atoms with E-state index >= 15 is 0 Å². The van der Waals surface area contributed by atoms with Gasteiger partial charge in [0.2, 0.25) is 5.88 Å². The van der Waals surface area contributed by atoms with Crippen molar-refractivity contribution in [3.05, 3.63) is 48.2 Å². The van der Waals surface area contributed by atoms with Crippen molar-refractivity contribution in [2.24, 2.45) is 10.7 Å². The molecule has 0 bridgehead atoms. The maximum atomic E-state index is 6.11. The van der Waals surface area contributed by atoms with Crippen molar-refractivity contribution in [2.45, 2.75) is 45.7 Å². The Bertz CT molecular complexity index is 827. The summed E-state index contributed by atoms with van der Waals surface area (Å²) in [6.07, 6.45) is 5.09.